The summed E-state index contributed by atoms with van der Waals surface area (Å²) in [5.41, 5.74) is 1.70. The number of nitrogens with zero attached hydrogens (tertiary/aromatic N) is 1. The lowest BCUT2D eigenvalue weighted by molar-refractivity contribution is -0.274. The molecule has 1 N–H and O–H groups in total. The smallest absolute Gasteiger partial charge is 0.469 e. The lowest BCUT2D eigenvalue weighted by atomic mass is 9.87. The van der Waals surface area contributed by atoms with Crippen molar-refractivity contribution in [2.45, 2.75) is 25.1 Å². The molecular formula is C20H27F3N2O4. The predicted molar refractivity (Wildman–Crippen MR) is 101 cm³/mol. The molecule has 29 heavy (non-hydrogen) atoms. The van der Waals surface area contributed by atoms with E-state index >= 15 is 0 Å². The van der Waals surface area contributed by atoms with Gasteiger partial charge in [0.1, 0.15) is 5.75 Å². The summed E-state index contributed by atoms with van der Waals surface area (Å²) in [6.07, 6.45) is -3.55. The maximum atomic E-state index is 12.7. The van der Waals surface area contributed by atoms with Gasteiger partial charge in [-0.2, -0.15) is 0 Å². The number of benzene rings is 1. The van der Waals surface area contributed by atoms with Crippen molar-refractivity contribution >= 4 is 11.7 Å². The van der Waals surface area contributed by atoms with Crippen LogP contribution in [0.5, 0.6) is 5.75 Å². The van der Waals surface area contributed by atoms with Crippen molar-refractivity contribution in [1.29, 1.82) is 0 Å². The normalized spacial score (nSPS) is 23.3. The van der Waals surface area contributed by atoms with Crippen LogP contribution in [0.2, 0.25) is 0 Å². The SMILES string of the molecule is COC[C@H]1CNC[C@@H]1c1ccc(OC(F)(F)F)cc1N1CCC(C(=O)OC)CC1. The summed E-state index contributed by atoms with van der Waals surface area (Å²) < 4.78 is 52.5. The number of piperidine rings is 1. The highest BCUT2D eigenvalue weighted by Gasteiger charge is 2.35. The second kappa shape index (κ2) is 9.21. The van der Waals surface area contributed by atoms with Crippen molar-refractivity contribution < 1.29 is 32.2 Å². The number of rotatable bonds is 6. The standard InChI is InChI=1S/C20H27F3N2O4/c1-27-12-14-10-24-11-17(14)16-4-3-15(29-20(21,22)23)9-18(16)25-7-5-13(6-8-25)19(26)28-2/h3-4,9,13-14,17,24H,5-8,10-12H2,1-2H3/t14-,17+/m1/s1. The minimum Gasteiger partial charge on any atom is -0.469 e. The van der Waals surface area contributed by atoms with Gasteiger partial charge in [-0.3, -0.25) is 4.79 Å². The molecule has 0 unspecified atom stereocenters. The molecule has 0 aromatic heterocycles. The molecule has 2 aliphatic rings. The lowest BCUT2D eigenvalue weighted by Gasteiger charge is -2.35. The number of ether oxygens (including phenoxy) is 3. The molecule has 1 aromatic carbocycles. The van der Waals surface area contributed by atoms with Crippen LogP contribution in [0.4, 0.5) is 18.9 Å². The van der Waals surface area contributed by atoms with Gasteiger partial charge in [-0.25, -0.2) is 0 Å². The molecule has 2 saturated heterocycles. The number of carbonyl (C=O) groups is 1. The molecule has 0 bridgehead atoms. The van der Waals surface area contributed by atoms with Crippen LogP contribution in [-0.2, 0) is 14.3 Å². The van der Waals surface area contributed by atoms with Gasteiger partial charge in [0.05, 0.1) is 19.6 Å². The minimum atomic E-state index is -4.75. The highest BCUT2D eigenvalue weighted by atomic mass is 19.4. The third-order valence-corrected chi connectivity index (χ3v) is 5.73. The van der Waals surface area contributed by atoms with Crippen LogP contribution < -0.4 is 15.0 Å². The first kappa shape index (κ1) is 21.7. The van der Waals surface area contributed by atoms with E-state index in [4.69, 9.17) is 9.47 Å². The Morgan fingerprint density at radius 2 is 1.93 bits per heavy atom. The number of methoxy groups -OCH3 is 2. The first-order valence-electron chi connectivity index (χ1n) is 9.74. The monoisotopic (exact) mass is 416 g/mol. The number of alkyl halides is 3. The fourth-order valence-corrected chi connectivity index (χ4v) is 4.32. The number of carbonyl (C=O) groups excluding carboxylic acids is 1. The Labute approximate surface area is 168 Å². The van der Waals surface area contributed by atoms with E-state index in [2.05, 4.69) is 10.1 Å². The number of nitrogens with one attached hydrogen (secondary N) is 1. The Bertz CT molecular complexity index is 705. The summed E-state index contributed by atoms with van der Waals surface area (Å²) in [6.45, 7) is 3.24. The largest absolute Gasteiger partial charge is 0.573 e. The van der Waals surface area contributed by atoms with Gasteiger partial charge in [-0.05, 0) is 24.5 Å². The van der Waals surface area contributed by atoms with E-state index in [0.29, 0.717) is 32.5 Å². The Kier molecular flexibility index (Phi) is 6.89. The van der Waals surface area contributed by atoms with Crippen LogP contribution >= 0.6 is 0 Å². The van der Waals surface area contributed by atoms with Crippen LogP contribution in [0, 0.1) is 11.8 Å². The molecule has 2 fully saturated rings. The average molecular weight is 416 g/mol. The molecule has 0 amide bonds. The molecule has 2 heterocycles. The van der Waals surface area contributed by atoms with E-state index in [-0.39, 0.29) is 29.5 Å². The Hall–Kier alpha value is -2.00. The zero-order valence-corrected chi connectivity index (χ0v) is 16.6. The molecule has 6 nitrogen and oxygen atoms in total. The van der Waals surface area contributed by atoms with Gasteiger partial charge >= 0.3 is 12.3 Å². The van der Waals surface area contributed by atoms with E-state index in [9.17, 15) is 18.0 Å². The number of halogens is 3. The number of hydrogen-bond acceptors (Lipinski definition) is 6. The van der Waals surface area contributed by atoms with Crippen molar-refractivity contribution in [2.75, 3.05) is 51.9 Å². The summed E-state index contributed by atoms with van der Waals surface area (Å²) in [5.74, 6) is -0.285. The second-order valence-electron chi connectivity index (χ2n) is 7.53. The topological polar surface area (TPSA) is 60.0 Å². The molecule has 0 saturated carbocycles. The Morgan fingerprint density at radius 1 is 1.21 bits per heavy atom. The lowest BCUT2D eigenvalue weighted by Crippen LogP contribution is -2.37. The van der Waals surface area contributed by atoms with Crippen molar-refractivity contribution in [3.05, 3.63) is 23.8 Å². The van der Waals surface area contributed by atoms with E-state index in [1.807, 2.05) is 4.90 Å². The summed E-state index contributed by atoms with van der Waals surface area (Å²) in [6, 6.07) is 4.56. The predicted octanol–water partition coefficient (Wildman–Crippen LogP) is 2.92. The first-order chi connectivity index (χ1) is 13.8. The Balaban J connectivity index is 1.87. The second-order valence-corrected chi connectivity index (χ2v) is 7.53. The van der Waals surface area contributed by atoms with Crippen molar-refractivity contribution in [1.82, 2.24) is 5.32 Å². The molecule has 3 rings (SSSR count). The molecule has 2 aliphatic heterocycles. The summed E-state index contributed by atoms with van der Waals surface area (Å²) in [4.78, 5) is 13.8. The zero-order chi connectivity index (χ0) is 21.0. The third kappa shape index (κ3) is 5.33. The molecule has 9 heteroatoms. The molecule has 0 radical (unpaired) electrons. The van der Waals surface area contributed by atoms with Crippen LogP contribution in [0.3, 0.4) is 0 Å². The zero-order valence-electron chi connectivity index (χ0n) is 16.6. The molecule has 162 valence electrons. The maximum Gasteiger partial charge on any atom is 0.573 e. The highest BCUT2D eigenvalue weighted by Crippen LogP contribution is 2.39. The van der Waals surface area contributed by atoms with Crippen LogP contribution in [-0.4, -0.2) is 59.3 Å². The highest BCUT2D eigenvalue weighted by molar-refractivity contribution is 5.73. The average Bonchev–Trinajstić information content (AvgIpc) is 3.14. The third-order valence-electron chi connectivity index (χ3n) is 5.73. The van der Waals surface area contributed by atoms with Gasteiger partial charge in [0.2, 0.25) is 0 Å². The number of anilines is 1. The van der Waals surface area contributed by atoms with Crippen molar-refractivity contribution in [3.8, 4) is 5.75 Å². The minimum absolute atomic E-state index is 0.128. The molecule has 0 aliphatic carbocycles. The van der Waals surface area contributed by atoms with E-state index in [1.165, 1.54) is 19.2 Å². The van der Waals surface area contributed by atoms with Crippen molar-refractivity contribution in [2.24, 2.45) is 11.8 Å². The van der Waals surface area contributed by atoms with E-state index < -0.39 is 6.36 Å². The summed E-state index contributed by atoms with van der Waals surface area (Å²) in [7, 11) is 3.02. The van der Waals surface area contributed by atoms with Gasteiger partial charge in [0, 0.05) is 56.9 Å². The van der Waals surface area contributed by atoms with Crippen LogP contribution in [0.1, 0.15) is 24.3 Å². The van der Waals surface area contributed by atoms with Crippen molar-refractivity contribution in [3.63, 3.8) is 0 Å². The molecule has 0 spiro atoms. The number of hydrogen-bond donors (Lipinski definition) is 1. The maximum absolute atomic E-state index is 12.7. The van der Waals surface area contributed by atoms with Crippen LogP contribution in [0.25, 0.3) is 0 Å². The fraction of sp³-hybridized carbons (Fsp3) is 0.650. The Morgan fingerprint density at radius 3 is 2.55 bits per heavy atom. The van der Waals surface area contributed by atoms with Gasteiger partial charge in [-0.15, -0.1) is 13.2 Å². The summed E-state index contributed by atoms with van der Waals surface area (Å²) in [5, 5.41) is 3.35. The quantitative estimate of drug-likeness (QED) is 0.720. The van der Waals surface area contributed by atoms with Crippen LogP contribution in [0.15, 0.2) is 18.2 Å². The summed E-state index contributed by atoms with van der Waals surface area (Å²) >= 11 is 0. The van der Waals surface area contributed by atoms with Gasteiger partial charge < -0.3 is 24.4 Å². The fourth-order valence-electron chi connectivity index (χ4n) is 4.32. The van der Waals surface area contributed by atoms with Gasteiger partial charge in [-0.1, -0.05) is 6.07 Å². The van der Waals surface area contributed by atoms with E-state index in [0.717, 1.165) is 24.3 Å². The molecule has 1 aromatic rings. The first-order valence-corrected chi connectivity index (χ1v) is 9.74. The van der Waals surface area contributed by atoms with E-state index in [1.54, 1.807) is 13.2 Å². The number of esters is 1. The molecular weight excluding hydrogens is 389 g/mol. The van der Waals surface area contributed by atoms with Gasteiger partial charge in [0.15, 0.2) is 0 Å². The molecule has 2 atom stereocenters. The van der Waals surface area contributed by atoms with Gasteiger partial charge in [0.25, 0.3) is 0 Å².